The second kappa shape index (κ2) is 9.55. The first-order valence-corrected chi connectivity index (χ1v) is 12.1. The molecule has 1 heterocycles. The average Bonchev–Trinajstić information content (AvgIpc) is 2.96. The van der Waals surface area contributed by atoms with Crippen LogP contribution in [0.15, 0.2) is 121 Å². The molecule has 6 rings (SSSR count). The van der Waals surface area contributed by atoms with Crippen LogP contribution in [-0.2, 0) is 0 Å². The van der Waals surface area contributed by atoms with E-state index in [4.69, 9.17) is 9.97 Å². The number of carbonyl (C=O) groups excluding carboxylic acids is 1. The van der Waals surface area contributed by atoms with Crippen LogP contribution in [-0.4, -0.2) is 23.0 Å². The lowest BCUT2D eigenvalue weighted by atomic mass is 10.0. The molecule has 0 aliphatic heterocycles. The number of nitrogens with one attached hydrogen (secondary N) is 1. The van der Waals surface area contributed by atoms with Gasteiger partial charge < -0.3 is 5.32 Å². The first kappa shape index (κ1) is 22.4. The van der Waals surface area contributed by atoms with Gasteiger partial charge in [-0.05, 0) is 41.1 Å². The SMILES string of the molecule is CN(C(=O)Nc1ccc2nc(-c3ccccc3)c(-c3ccccc3)nc2c1)c1ccc2ccccc2c1. The smallest absolute Gasteiger partial charge is 0.307 e. The van der Waals surface area contributed by atoms with Gasteiger partial charge in [0.15, 0.2) is 0 Å². The molecule has 0 fully saturated rings. The molecule has 0 radical (unpaired) electrons. The zero-order valence-electron chi connectivity index (χ0n) is 20.3. The van der Waals surface area contributed by atoms with Crippen LogP contribution in [0.1, 0.15) is 0 Å². The van der Waals surface area contributed by atoms with Gasteiger partial charge in [-0.3, -0.25) is 4.90 Å². The van der Waals surface area contributed by atoms with E-state index in [-0.39, 0.29) is 6.03 Å². The van der Waals surface area contributed by atoms with E-state index in [2.05, 4.69) is 11.4 Å². The predicted molar refractivity (Wildman–Crippen MR) is 152 cm³/mol. The normalized spacial score (nSPS) is 10.9. The minimum absolute atomic E-state index is 0.230. The Hall–Kier alpha value is -5.03. The minimum Gasteiger partial charge on any atom is -0.307 e. The number of amides is 2. The second-order valence-corrected chi connectivity index (χ2v) is 8.88. The molecule has 5 nitrogen and oxygen atoms in total. The fourth-order valence-electron chi connectivity index (χ4n) is 4.44. The van der Waals surface area contributed by atoms with Gasteiger partial charge in [-0.2, -0.15) is 0 Å². The van der Waals surface area contributed by atoms with Crippen LogP contribution >= 0.6 is 0 Å². The van der Waals surface area contributed by atoms with Crippen LogP contribution in [0.5, 0.6) is 0 Å². The fraction of sp³-hybridized carbons (Fsp3) is 0.0312. The molecule has 0 atom stereocenters. The van der Waals surface area contributed by atoms with Gasteiger partial charge in [0.25, 0.3) is 0 Å². The minimum atomic E-state index is -0.230. The van der Waals surface area contributed by atoms with E-state index in [1.165, 1.54) is 0 Å². The number of aromatic nitrogens is 2. The summed E-state index contributed by atoms with van der Waals surface area (Å²) in [5.41, 5.74) is 6.57. The van der Waals surface area contributed by atoms with Crippen molar-refractivity contribution in [3.05, 3.63) is 121 Å². The van der Waals surface area contributed by atoms with E-state index in [1.807, 2.05) is 115 Å². The van der Waals surface area contributed by atoms with Gasteiger partial charge >= 0.3 is 6.03 Å². The Bertz CT molecular complexity index is 1730. The maximum Gasteiger partial charge on any atom is 0.326 e. The van der Waals surface area contributed by atoms with Gasteiger partial charge in [0.2, 0.25) is 0 Å². The number of fused-ring (bicyclic) bond motifs is 2. The van der Waals surface area contributed by atoms with Crippen LogP contribution in [0.25, 0.3) is 44.3 Å². The summed E-state index contributed by atoms with van der Waals surface area (Å²) in [5, 5.41) is 5.23. The highest BCUT2D eigenvalue weighted by molar-refractivity contribution is 6.03. The predicted octanol–water partition coefficient (Wildman–Crippen LogP) is 7.79. The molecule has 1 N–H and O–H groups in total. The lowest BCUT2D eigenvalue weighted by Crippen LogP contribution is -2.31. The van der Waals surface area contributed by atoms with Crippen molar-refractivity contribution in [3.63, 3.8) is 0 Å². The van der Waals surface area contributed by atoms with Crippen molar-refractivity contribution < 1.29 is 4.79 Å². The maximum atomic E-state index is 13.1. The molecule has 5 aromatic carbocycles. The Labute approximate surface area is 215 Å². The zero-order chi connectivity index (χ0) is 25.2. The van der Waals surface area contributed by atoms with E-state index in [0.29, 0.717) is 11.2 Å². The second-order valence-electron chi connectivity index (χ2n) is 8.88. The van der Waals surface area contributed by atoms with Crippen LogP contribution < -0.4 is 10.2 Å². The summed E-state index contributed by atoms with van der Waals surface area (Å²) in [5.74, 6) is 0. The molecule has 0 unspecified atom stereocenters. The van der Waals surface area contributed by atoms with Gasteiger partial charge in [-0.1, -0.05) is 91.0 Å². The summed E-state index contributed by atoms with van der Waals surface area (Å²) in [6.07, 6.45) is 0. The van der Waals surface area contributed by atoms with Crippen LogP contribution in [0, 0.1) is 0 Å². The summed E-state index contributed by atoms with van der Waals surface area (Å²) in [4.78, 5) is 24.7. The van der Waals surface area contributed by atoms with Gasteiger partial charge in [-0.15, -0.1) is 0 Å². The molecule has 5 heteroatoms. The maximum absolute atomic E-state index is 13.1. The van der Waals surface area contributed by atoms with E-state index in [9.17, 15) is 4.79 Å². The lowest BCUT2D eigenvalue weighted by Gasteiger charge is -2.19. The van der Waals surface area contributed by atoms with Gasteiger partial charge in [0.1, 0.15) is 0 Å². The number of hydrogen-bond acceptors (Lipinski definition) is 3. The third-order valence-electron chi connectivity index (χ3n) is 6.43. The molecular formula is C32H24N4O. The molecule has 0 bridgehead atoms. The van der Waals surface area contributed by atoms with Gasteiger partial charge in [-0.25, -0.2) is 14.8 Å². The molecule has 0 spiro atoms. The number of carbonyl (C=O) groups is 1. The van der Waals surface area contributed by atoms with Crippen molar-refractivity contribution in [2.75, 3.05) is 17.3 Å². The van der Waals surface area contributed by atoms with Gasteiger partial charge in [0, 0.05) is 29.5 Å². The Morgan fingerprint density at radius 3 is 1.89 bits per heavy atom. The lowest BCUT2D eigenvalue weighted by molar-refractivity contribution is 0.258. The number of hydrogen-bond donors (Lipinski definition) is 1. The first-order valence-electron chi connectivity index (χ1n) is 12.1. The fourth-order valence-corrected chi connectivity index (χ4v) is 4.44. The largest absolute Gasteiger partial charge is 0.326 e. The highest BCUT2D eigenvalue weighted by Gasteiger charge is 2.15. The van der Waals surface area contributed by atoms with Crippen LogP contribution in [0.2, 0.25) is 0 Å². The Balaban J connectivity index is 1.34. The van der Waals surface area contributed by atoms with Crippen molar-refractivity contribution >= 4 is 39.2 Å². The quantitative estimate of drug-likeness (QED) is 0.280. The van der Waals surface area contributed by atoms with Gasteiger partial charge in [0.05, 0.1) is 22.4 Å². The molecule has 6 aromatic rings. The summed E-state index contributed by atoms with van der Waals surface area (Å²) in [6, 6.07) is 39.6. The van der Waals surface area contributed by atoms with Crippen molar-refractivity contribution in [1.29, 1.82) is 0 Å². The summed E-state index contributed by atoms with van der Waals surface area (Å²) in [6.45, 7) is 0. The summed E-state index contributed by atoms with van der Waals surface area (Å²) in [7, 11) is 1.76. The molecular weight excluding hydrogens is 456 g/mol. The number of rotatable bonds is 4. The van der Waals surface area contributed by atoms with E-state index < -0.39 is 0 Å². The molecule has 0 saturated heterocycles. The monoisotopic (exact) mass is 480 g/mol. The molecule has 37 heavy (non-hydrogen) atoms. The summed E-state index contributed by atoms with van der Waals surface area (Å²) < 4.78 is 0. The molecule has 2 amide bonds. The molecule has 0 saturated carbocycles. The van der Waals surface area contributed by atoms with Crippen molar-refractivity contribution in [2.24, 2.45) is 0 Å². The molecule has 0 aliphatic carbocycles. The topological polar surface area (TPSA) is 58.1 Å². The van der Waals surface area contributed by atoms with Crippen LogP contribution in [0.4, 0.5) is 16.2 Å². The number of benzene rings is 5. The van der Waals surface area contributed by atoms with Crippen LogP contribution in [0.3, 0.4) is 0 Å². The third-order valence-corrected chi connectivity index (χ3v) is 6.43. The van der Waals surface area contributed by atoms with E-state index in [1.54, 1.807) is 11.9 Å². The summed E-state index contributed by atoms with van der Waals surface area (Å²) >= 11 is 0. The highest BCUT2D eigenvalue weighted by atomic mass is 16.2. The van der Waals surface area contributed by atoms with E-state index >= 15 is 0 Å². The highest BCUT2D eigenvalue weighted by Crippen LogP contribution is 2.31. The van der Waals surface area contributed by atoms with Crippen molar-refractivity contribution in [3.8, 4) is 22.5 Å². The Morgan fingerprint density at radius 1 is 0.622 bits per heavy atom. The van der Waals surface area contributed by atoms with Crippen molar-refractivity contribution in [2.45, 2.75) is 0 Å². The molecule has 178 valence electrons. The molecule has 1 aromatic heterocycles. The number of nitrogens with zero attached hydrogens (tertiary/aromatic N) is 3. The zero-order valence-corrected chi connectivity index (χ0v) is 20.3. The molecule has 0 aliphatic rings. The Morgan fingerprint density at radius 2 is 1.22 bits per heavy atom. The number of anilines is 2. The average molecular weight is 481 g/mol. The standard InChI is InChI=1S/C32H24N4O/c1-36(27-18-16-22-10-8-9-15-25(22)20-27)32(37)33-26-17-19-28-29(21-26)35-31(24-13-6-3-7-14-24)30(34-28)23-11-4-2-5-12-23/h2-21H,1H3,(H,33,37). The first-order chi connectivity index (χ1) is 18.2. The third kappa shape index (κ3) is 4.50. The van der Waals surface area contributed by atoms with E-state index in [0.717, 1.165) is 44.5 Å². The number of urea groups is 1. The Kier molecular flexibility index (Phi) is 5.79. The van der Waals surface area contributed by atoms with Crippen molar-refractivity contribution in [1.82, 2.24) is 9.97 Å².